The molecule has 0 bridgehead atoms. The summed E-state index contributed by atoms with van der Waals surface area (Å²) in [4.78, 5) is 17.3. The molecule has 0 unspecified atom stereocenters. The Hall–Kier alpha value is -2.15. The van der Waals surface area contributed by atoms with Gasteiger partial charge >= 0.3 is 0 Å². The summed E-state index contributed by atoms with van der Waals surface area (Å²) < 4.78 is 7.18. The first-order chi connectivity index (χ1) is 12.4. The van der Waals surface area contributed by atoms with Crippen LogP contribution in [0.15, 0.2) is 10.6 Å². The van der Waals surface area contributed by atoms with E-state index in [-0.39, 0.29) is 11.3 Å². The summed E-state index contributed by atoms with van der Waals surface area (Å²) in [5.41, 5.74) is 3.98. The molecule has 2 saturated heterocycles. The Morgan fingerprint density at radius 2 is 2.04 bits per heavy atom. The van der Waals surface area contributed by atoms with Gasteiger partial charge in [-0.05, 0) is 46.2 Å². The molecule has 0 saturated carbocycles. The third kappa shape index (κ3) is 2.84. The summed E-state index contributed by atoms with van der Waals surface area (Å²) in [6.45, 7) is 10.0. The molecule has 26 heavy (non-hydrogen) atoms. The molecule has 2 fully saturated rings. The average Bonchev–Trinajstić information content (AvgIpc) is 3.09. The lowest BCUT2D eigenvalue weighted by atomic mass is 9.72. The Balaban J connectivity index is 1.41. The van der Waals surface area contributed by atoms with E-state index in [4.69, 9.17) is 4.52 Å². The molecule has 0 aliphatic carbocycles. The molecular formula is C19H27N5O2. The number of piperidine rings is 1. The third-order valence-electron chi connectivity index (χ3n) is 5.91. The molecule has 4 heterocycles. The highest BCUT2D eigenvalue weighted by molar-refractivity contribution is 5.89. The van der Waals surface area contributed by atoms with Crippen LogP contribution in [0.3, 0.4) is 0 Å². The standard InChI is InChI=1S/C19H27N5O2/c1-13-8-16(22(4)20-13)9-23-7-5-6-19(11-23)12-24(18(19)25)10-17-14(2)21-26-15(17)3/h8H,5-7,9-12H2,1-4H3/t19-/m1/s1. The van der Waals surface area contributed by atoms with Gasteiger partial charge in [-0.1, -0.05) is 5.16 Å². The van der Waals surface area contributed by atoms with E-state index in [1.165, 1.54) is 5.69 Å². The van der Waals surface area contributed by atoms with Gasteiger partial charge in [0.2, 0.25) is 5.91 Å². The second-order valence-corrected chi connectivity index (χ2v) is 7.96. The number of nitrogens with zero attached hydrogens (tertiary/aromatic N) is 5. The maximum atomic E-state index is 13.0. The number of hydrogen-bond acceptors (Lipinski definition) is 5. The van der Waals surface area contributed by atoms with Gasteiger partial charge in [0.15, 0.2) is 0 Å². The van der Waals surface area contributed by atoms with Gasteiger partial charge in [0, 0.05) is 32.2 Å². The van der Waals surface area contributed by atoms with Gasteiger partial charge in [-0.3, -0.25) is 14.4 Å². The minimum absolute atomic E-state index is 0.204. The van der Waals surface area contributed by atoms with Crippen LogP contribution in [-0.4, -0.2) is 50.3 Å². The van der Waals surface area contributed by atoms with E-state index in [0.717, 1.165) is 61.7 Å². The predicted molar refractivity (Wildman–Crippen MR) is 96.3 cm³/mol. The lowest BCUT2D eigenvalue weighted by Crippen LogP contribution is -2.66. The number of carbonyl (C=O) groups is 1. The summed E-state index contributed by atoms with van der Waals surface area (Å²) in [6, 6.07) is 2.13. The highest BCUT2D eigenvalue weighted by Crippen LogP contribution is 2.41. The first-order valence-electron chi connectivity index (χ1n) is 9.31. The molecule has 1 amide bonds. The van der Waals surface area contributed by atoms with Crippen molar-refractivity contribution in [1.29, 1.82) is 0 Å². The molecule has 7 nitrogen and oxygen atoms in total. The van der Waals surface area contributed by atoms with Crippen LogP contribution in [0, 0.1) is 26.2 Å². The number of amides is 1. The molecule has 2 aromatic rings. The summed E-state index contributed by atoms with van der Waals surface area (Å²) in [7, 11) is 1.99. The molecule has 1 atom stereocenters. The van der Waals surface area contributed by atoms with Gasteiger partial charge in [-0.2, -0.15) is 5.10 Å². The van der Waals surface area contributed by atoms with Crippen LogP contribution >= 0.6 is 0 Å². The number of β-lactam (4-membered cyclic amide) rings is 1. The number of rotatable bonds is 4. The summed E-state index contributed by atoms with van der Waals surface area (Å²) >= 11 is 0. The highest BCUT2D eigenvalue weighted by Gasteiger charge is 2.53. The Morgan fingerprint density at radius 3 is 2.65 bits per heavy atom. The van der Waals surface area contributed by atoms with Crippen LogP contribution in [0.4, 0.5) is 0 Å². The fourth-order valence-corrected chi connectivity index (χ4v) is 4.50. The first kappa shape index (κ1) is 17.3. The van der Waals surface area contributed by atoms with E-state index in [9.17, 15) is 4.79 Å². The molecule has 2 aliphatic heterocycles. The van der Waals surface area contributed by atoms with Crippen LogP contribution in [0.1, 0.15) is 41.2 Å². The number of carbonyl (C=O) groups excluding carboxylic acids is 1. The van der Waals surface area contributed by atoms with Crippen LogP contribution in [-0.2, 0) is 24.9 Å². The van der Waals surface area contributed by atoms with Gasteiger partial charge in [0.05, 0.1) is 29.0 Å². The summed E-state index contributed by atoms with van der Waals surface area (Å²) in [6.07, 6.45) is 2.06. The summed E-state index contributed by atoms with van der Waals surface area (Å²) in [5.74, 6) is 1.09. The van der Waals surface area contributed by atoms with E-state index in [2.05, 4.69) is 21.2 Å². The van der Waals surface area contributed by atoms with E-state index < -0.39 is 0 Å². The monoisotopic (exact) mass is 357 g/mol. The van der Waals surface area contributed by atoms with Gasteiger partial charge in [-0.15, -0.1) is 0 Å². The molecule has 0 aromatic carbocycles. The second kappa shape index (κ2) is 6.23. The van der Waals surface area contributed by atoms with E-state index >= 15 is 0 Å². The zero-order valence-electron chi connectivity index (χ0n) is 16.1. The summed E-state index contributed by atoms with van der Waals surface area (Å²) in [5, 5.41) is 8.43. The van der Waals surface area contributed by atoms with Crippen molar-refractivity contribution in [2.75, 3.05) is 19.6 Å². The zero-order chi connectivity index (χ0) is 18.5. The van der Waals surface area contributed by atoms with Crippen molar-refractivity contribution >= 4 is 5.91 Å². The fourth-order valence-electron chi connectivity index (χ4n) is 4.50. The average molecular weight is 357 g/mol. The molecule has 2 aliphatic rings. The van der Waals surface area contributed by atoms with Crippen LogP contribution in [0.25, 0.3) is 0 Å². The Labute approximate surface area is 153 Å². The quantitative estimate of drug-likeness (QED) is 0.783. The van der Waals surface area contributed by atoms with Gasteiger partial charge < -0.3 is 9.42 Å². The molecule has 2 aromatic heterocycles. The number of hydrogen-bond donors (Lipinski definition) is 0. The fraction of sp³-hybridized carbons (Fsp3) is 0.632. The molecule has 7 heteroatoms. The lowest BCUT2D eigenvalue weighted by Gasteiger charge is -2.53. The van der Waals surface area contributed by atoms with E-state index in [1.807, 2.05) is 37.4 Å². The lowest BCUT2D eigenvalue weighted by molar-refractivity contribution is -0.167. The van der Waals surface area contributed by atoms with E-state index in [1.54, 1.807) is 0 Å². The first-order valence-corrected chi connectivity index (χ1v) is 9.31. The topological polar surface area (TPSA) is 67.4 Å². The van der Waals surface area contributed by atoms with Crippen molar-refractivity contribution in [2.24, 2.45) is 12.5 Å². The maximum Gasteiger partial charge on any atom is 0.232 e. The normalized spacial score (nSPS) is 23.7. The molecular weight excluding hydrogens is 330 g/mol. The van der Waals surface area contributed by atoms with Crippen LogP contribution in [0.5, 0.6) is 0 Å². The van der Waals surface area contributed by atoms with Gasteiger partial charge in [-0.25, -0.2) is 0 Å². The van der Waals surface area contributed by atoms with Gasteiger partial charge in [0.1, 0.15) is 5.76 Å². The van der Waals surface area contributed by atoms with Crippen molar-refractivity contribution in [3.63, 3.8) is 0 Å². The van der Waals surface area contributed by atoms with Crippen molar-refractivity contribution in [2.45, 2.75) is 46.7 Å². The van der Waals surface area contributed by atoms with Crippen LogP contribution < -0.4 is 0 Å². The molecule has 140 valence electrons. The number of aromatic nitrogens is 3. The van der Waals surface area contributed by atoms with Crippen LogP contribution in [0.2, 0.25) is 0 Å². The second-order valence-electron chi connectivity index (χ2n) is 7.96. The molecule has 4 rings (SSSR count). The number of aryl methyl sites for hydroxylation is 4. The predicted octanol–water partition coefficient (Wildman–Crippen LogP) is 1.96. The Bertz CT molecular complexity index is 820. The SMILES string of the molecule is Cc1cc(CN2CCC[C@@]3(C2)CN(Cc2c(C)noc2C)C3=O)n(C)n1. The highest BCUT2D eigenvalue weighted by atomic mass is 16.5. The van der Waals surface area contributed by atoms with Crippen molar-refractivity contribution in [3.05, 3.63) is 34.5 Å². The molecule has 0 N–H and O–H groups in total. The largest absolute Gasteiger partial charge is 0.361 e. The number of likely N-dealkylation sites (tertiary alicyclic amines) is 2. The Morgan fingerprint density at radius 1 is 1.23 bits per heavy atom. The minimum atomic E-state index is -0.204. The molecule has 1 spiro atoms. The maximum absolute atomic E-state index is 13.0. The van der Waals surface area contributed by atoms with E-state index in [0.29, 0.717) is 6.54 Å². The smallest absolute Gasteiger partial charge is 0.232 e. The van der Waals surface area contributed by atoms with Gasteiger partial charge in [0.25, 0.3) is 0 Å². The van der Waals surface area contributed by atoms with Crippen molar-refractivity contribution in [1.82, 2.24) is 24.7 Å². The van der Waals surface area contributed by atoms with Crippen molar-refractivity contribution < 1.29 is 9.32 Å². The minimum Gasteiger partial charge on any atom is -0.361 e. The van der Waals surface area contributed by atoms with Crippen molar-refractivity contribution in [3.8, 4) is 0 Å². The molecule has 0 radical (unpaired) electrons. The third-order valence-corrected chi connectivity index (χ3v) is 5.91. The Kier molecular flexibility index (Phi) is 4.14. The zero-order valence-corrected chi connectivity index (χ0v) is 16.1.